The first-order valence-corrected chi connectivity index (χ1v) is 8.51. The highest BCUT2D eigenvalue weighted by atomic mass is 16.5. The molecule has 1 amide bonds. The summed E-state index contributed by atoms with van der Waals surface area (Å²) in [7, 11) is 1.63. The van der Waals surface area contributed by atoms with Crippen molar-refractivity contribution in [3.63, 3.8) is 0 Å². The molecule has 2 atom stereocenters. The molecule has 0 bridgehead atoms. The molecule has 0 heterocycles. The van der Waals surface area contributed by atoms with Crippen LogP contribution in [0.3, 0.4) is 0 Å². The number of methoxy groups -OCH3 is 1. The third kappa shape index (κ3) is 4.53. The van der Waals surface area contributed by atoms with E-state index in [0.717, 1.165) is 33.8 Å². The number of nitrogens with one attached hydrogen (secondary N) is 1. The molecule has 134 valence electrons. The number of hydrogen-bond acceptors (Lipinski definition) is 3. The Hall–Kier alpha value is -2.49. The molecule has 0 saturated heterocycles. The number of rotatable bonds is 6. The van der Waals surface area contributed by atoms with Crippen molar-refractivity contribution < 1.29 is 14.3 Å². The summed E-state index contributed by atoms with van der Waals surface area (Å²) >= 11 is 0. The van der Waals surface area contributed by atoms with Gasteiger partial charge in [0.05, 0.1) is 13.2 Å². The summed E-state index contributed by atoms with van der Waals surface area (Å²) in [5.41, 5.74) is 4.27. The van der Waals surface area contributed by atoms with Gasteiger partial charge in [-0.05, 0) is 63.4 Å². The number of amides is 1. The first-order chi connectivity index (χ1) is 11.8. The van der Waals surface area contributed by atoms with Gasteiger partial charge in [0.2, 0.25) is 0 Å². The lowest BCUT2D eigenvalue weighted by atomic mass is 10.1. The van der Waals surface area contributed by atoms with Gasteiger partial charge in [0.15, 0.2) is 6.10 Å². The third-order valence-corrected chi connectivity index (χ3v) is 4.40. The van der Waals surface area contributed by atoms with Crippen LogP contribution in [-0.4, -0.2) is 19.1 Å². The molecule has 0 aliphatic heterocycles. The molecule has 0 aliphatic carbocycles. The lowest BCUT2D eigenvalue weighted by Gasteiger charge is -2.21. The van der Waals surface area contributed by atoms with Gasteiger partial charge in [-0.1, -0.05) is 24.3 Å². The van der Waals surface area contributed by atoms with E-state index in [2.05, 4.69) is 11.4 Å². The SMILES string of the molecule is COc1ccccc1[C@H](C)NC(=O)[C@H](C)Oc1cc(C)cc(C)c1C. The smallest absolute Gasteiger partial charge is 0.261 e. The van der Waals surface area contributed by atoms with Gasteiger partial charge in [-0.3, -0.25) is 4.79 Å². The Morgan fingerprint density at radius 1 is 1.04 bits per heavy atom. The highest BCUT2D eigenvalue weighted by Gasteiger charge is 2.20. The van der Waals surface area contributed by atoms with E-state index in [0.29, 0.717) is 0 Å². The largest absolute Gasteiger partial charge is 0.496 e. The third-order valence-electron chi connectivity index (χ3n) is 4.40. The molecule has 2 aromatic carbocycles. The maximum Gasteiger partial charge on any atom is 0.261 e. The van der Waals surface area contributed by atoms with Gasteiger partial charge in [-0.15, -0.1) is 0 Å². The molecular formula is C21H27NO3. The lowest BCUT2D eigenvalue weighted by Crippen LogP contribution is -2.38. The summed E-state index contributed by atoms with van der Waals surface area (Å²) in [5, 5.41) is 3.00. The van der Waals surface area contributed by atoms with Crippen LogP contribution in [-0.2, 0) is 4.79 Å². The van der Waals surface area contributed by atoms with Crippen LogP contribution < -0.4 is 14.8 Å². The number of para-hydroxylation sites is 1. The monoisotopic (exact) mass is 341 g/mol. The van der Waals surface area contributed by atoms with Crippen LogP contribution in [0.5, 0.6) is 11.5 Å². The molecule has 4 heteroatoms. The van der Waals surface area contributed by atoms with Gasteiger partial charge in [-0.25, -0.2) is 0 Å². The summed E-state index contributed by atoms with van der Waals surface area (Å²) in [6.07, 6.45) is -0.586. The maximum atomic E-state index is 12.5. The molecule has 1 N–H and O–H groups in total. The summed E-state index contributed by atoms with van der Waals surface area (Å²) in [6, 6.07) is 11.6. The molecule has 25 heavy (non-hydrogen) atoms. The van der Waals surface area contributed by atoms with Crippen molar-refractivity contribution in [1.82, 2.24) is 5.32 Å². The van der Waals surface area contributed by atoms with Gasteiger partial charge in [0.25, 0.3) is 5.91 Å². The molecule has 0 saturated carbocycles. The first-order valence-electron chi connectivity index (χ1n) is 8.51. The molecule has 0 fully saturated rings. The van der Waals surface area contributed by atoms with Gasteiger partial charge in [0, 0.05) is 5.56 Å². The van der Waals surface area contributed by atoms with Crippen molar-refractivity contribution in [1.29, 1.82) is 0 Å². The highest BCUT2D eigenvalue weighted by Crippen LogP contribution is 2.26. The summed E-state index contributed by atoms with van der Waals surface area (Å²) in [5.74, 6) is 1.36. The molecule has 0 spiro atoms. The molecule has 0 radical (unpaired) electrons. The summed E-state index contributed by atoms with van der Waals surface area (Å²) in [4.78, 5) is 12.5. The lowest BCUT2D eigenvalue weighted by molar-refractivity contribution is -0.127. The predicted molar refractivity (Wildman–Crippen MR) is 100 cm³/mol. The Labute approximate surface area is 150 Å². The van der Waals surface area contributed by atoms with Crippen molar-refractivity contribution in [2.24, 2.45) is 0 Å². The zero-order chi connectivity index (χ0) is 18.6. The number of benzene rings is 2. The number of aryl methyl sites for hydroxylation is 2. The van der Waals surface area contributed by atoms with Crippen LogP contribution in [0.15, 0.2) is 36.4 Å². The second kappa shape index (κ2) is 8.06. The molecular weight excluding hydrogens is 314 g/mol. The Morgan fingerprint density at radius 2 is 1.72 bits per heavy atom. The van der Waals surface area contributed by atoms with Crippen LogP contribution in [0.2, 0.25) is 0 Å². The molecule has 0 aliphatic rings. The second-order valence-electron chi connectivity index (χ2n) is 6.44. The van der Waals surface area contributed by atoms with Crippen molar-refractivity contribution in [2.45, 2.75) is 46.8 Å². The van der Waals surface area contributed by atoms with Gasteiger partial charge in [0.1, 0.15) is 11.5 Å². The van der Waals surface area contributed by atoms with Crippen LogP contribution in [0, 0.1) is 20.8 Å². The number of hydrogen-bond donors (Lipinski definition) is 1. The average Bonchev–Trinajstić information content (AvgIpc) is 2.58. The highest BCUT2D eigenvalue weighted by molar-refractivity contribution is 5.81. The van der Waals surface area contributed by atoms with Crippen molar-refractivity contribution in [3.05, 3.63) is 58.7 Å². The standard InChI is InChI=1S/C21H27NO3/c1-13-11-14(2)15(3)20(12-13)25-17(5)21(23)22-16(4)18-9-7-8-10-19(18)24-6/h7-12,16-17H,1-6H3,(H,22,23)/t16-,17-/m0/s1. The number of ether oxygens (including phenoxy) is 2. The van der Waals surface area contributed by atoms with Gasteiger partial charge < -0.3 is 14.8 Å². The first kappa shape index (κ1) is 18.8. The molecule has 0 unspecified atom stereocenters. The van der Waals surface area contributed by atoms with E-state index < -0.39 is 6.10 Å². The molecule has 2 aromatic rings. The van der Waals surface area contributed by atoms with Gasteiger partial charge in [-0.2, -0.15) is 0 Å². The van der Waals surface area contributed by atoms with E-state index in [4.69, 9.17) is 9.47 Å². The normalized spacial score (nSPS) is 13.0. The number of carbonyl (C=O) groups excluding carboxylic acids is 1. The topological polar surface area (TPSA) is 47.6 Å². The zero-order valence-corrected chi connectivity index (χ0v) is 15.8. The Kier molecular flexibility index (Phi) is 6.07. The molecule has 0 aromatic heterocycles. The average molecular weight is 341 g/mol. The Balaban J connectivity index is 2.08. The van der Waals surface area contributed by atoms with E-state index in [1.807, 2.05) is 58.0 Å². The zero-order valence-electron chi connectivity index (χ0n) is 15.8. The second-order valence-corrected chi connectivity index (χ2v) is 6.44. The van der Waals surface area contributed by atoms with Gasteiger partial charge >= 0.3 is 0 Å². The van der Waals surface area contributed by atoms with E-state index in [1.165, 1.54) is 0 Å². The van der Waals surface area contributed by atoms with E-state index in [-0.39, 0.29) is 11.9 Å². The van der Waals surface area contributed by atoms with E-state index >= 15 is 0 Å². The Bertz CT molecular complexity index is 755. The van der Waals surface area contributed by atoms with Crippen LogP contribution >= 0.6 is 0 Å². The van der Waals surface area contributed by atoms with Crippen LogP contribution in [0.4, 0.5) is 0 Å². The predicted octanol–water partition coefficient (Wildman–Crippen LogP) is 4.27. The van der Waals surface area contributed by atoms with Crippen molar-refractivity contribution in [3.8, 4) is 11.5 Å². The van der Waals surface area contributed by atoms with Crippen LogP contribution in [0.25, 0.3) is 0 Å². The quantitative estimate of drug-likeness (QED) is 0.854. The fraction of sp³-hybridized carbons (Fsp3) is 0.381. The van der Waals surface area contributed by atoms with Crippen molar-refractivity contribution in [2.75, 3.05) is 7.11 Å². The minimum absolute atomic E-state index is 0.156. The number of carbonyl (C=O) groups is 1. The van der Waals surface area contributed by atoms with Crippen molar-refractivity contribution >= 4 is 5.91 Å². The minimum Gasteiger partial charge on any atom is -0.496 e. The fourth-order valence-corrected chi connectivity index (χ4v) is 2.80. The maximum absolute atomic E-state index is 12.5. The fourth-order valence-electron chi connectivity index (χ4n) is 2.80. The minimum atomic E-state index is -0.586. The summed E-state index contributed by atoms with van der Waals surface area (Å²) < 4.78 is 11.3. The Morgan fingerprint density at radius 3 is 2.40 bits per heavy atom. The summed E-state index contributed by atoms with van der Waals surface area (Å²) in [6.45, 7) is 9.77. The van der Waals surface area contributed by atoms with E-state index in [9.17, 15) is 4.79 Å². The van der Waals surface area contributed by atoms with E-state index in [1.54, 1.807) is 14.0 Å². The molecule has 4 nitrogen and oxygen atoms in total. The van der Waals surface area contributed by atoms with Crippen LogP contribution in [0.1, 0.15) is 42.1 Å². The molecule has 2 rings (SSSR count).